The van der Waals surface area contributed by atoms with Gasteiger partial charge >= 0.3 is 0 Å². The standard InChI is InChI=1S/C11H18FN3O2/c1-13-9(16)8-3-2-6-15(8)10(17)11(12)4-5-14-7-11/h8,14H,2-7H2,1H3,(H,13,16)/t8-,11+/m1/s1. The molecule has 2 aliphatic heterocycles. The van der Waals surface area contributed by atoms with Gasteiger partial charge in [-0.1, -0.05) is 0 Å². The van der Waals surface area contributed by atoms with Crippen LogP contribution in [0.3, 0.4) is 0 Å². The van der Waals surface area contributed by atoms with Gasteiger partial charge in [-0.2, -0.15) is 0 Å². The number of hydrogen-bond acceptors (Lipinski definition) is 3. The predicted octanol–water partition coefficient (Wildman–Crippen LogP) is -0.575. The Morgan fingerprint density at radius 1 is 1.53 bits per heavy atom. The highest BCUT2D eigenvalue weighted by Gasteiger charge is 2.47. The van der Waals surface area contributed by atoms with Crippen LogP contribution in [-0.4, -0.2) is 55.1 Å². The number of carbonyl (C=O) groups excluding carboxylic acids is 2. The van der Waals surface area contributed by atoms with Crippen LogP contribution in [0.15, 0.2) is 0 Å². The fourth-order valence-electron chi connectivity index (χ4n) is 2.55. The van der Waals surface area contributed by atoms with Crippen molar-refractivity contribution in [3.8, 4) is 0 Å². The number of carbonyl (C=O) groups is 2. The molecule has 0 radical (unpaired) electrons. The summed E-state index contributed by atoms with van der Waals surface area (Å²) in [5.41, 5.74) is -1.82. The number of rotatable bonds is 2. The molecule has 0 aromatic heterocycles. The Kier molecular flexibility index (Phi) is 3.33. The zero-order valence-corrected chi connectivity index (χ0v) is 9.96. The smallest absolute Gasteiger partial charge is 0.262 e. The molecule has 0 unspecified atom stereocenters. The van der Waals surface area contributed by atoms with Gasteiger partial charge in [0.05, 0.1) is 0 Å². The lowest BCUT2D eigenvalue weighted by Crippen LogP contribution is -2.53. The molecule has 0 bridgehead atoms. The number of nitrogens with one attached hydrogen (secondary N) is 2. The third-order valence-corrected chi connectivity index (χ3v) is 3.55. The second kappa shape index (κ2) is 4.60. The van der Waals surface area contributed by atoms with E-state index in [9.17, 15) is 14.0 Å². The van der Waals surface area contributed by atoms with Gasteiger partial charge in [-0.3, -0.25) is 9.59 Å². The average molecular weight is 243 g/mol. The number of likely N-dealkylation sites (tertiary alicyclic amines) is 1. The molecule has 0 aliphatic carbocycles. The summed E-state index contributed by atoms with van der Waals surface area (Å²) in [4.78, 5) is 25.1. The minimum absolute atomic E-state index is 0.0583. The number of likely N-dealkylation sites (N-methyl/N-ethyl adjacent to an activating group) is 1. The molecule has 96 valence electrons. The Hall–Kier alpha value is -1.17. The number of nitrogens with zero attached hydrogens (tertiary/aromatic N) is 1. The van der Waals surface area contributed by atoms with Gasteiger partial charge in [0, 0.05) is 26.6 Å². The minimum Gasteiger partial charge on any atom is -0.357 e. The molecule has 17 heavy (non-hydrogen) atoms. The summed E-state index contributed by atoms with van der Waals surface area (Å²) < 4.78 is 14.3. The molecule has 2 amide bonds. The molecule has 0 aromatic carbocycles. The first-order chi connectivity index (χ1) is 8.08. The highest BCUT2D eigenvalue weighted by atomic mass is 19.1. The normalized spacial score (nSPS) is 32.8. The summed E-state index contributed by atoms with van der Waals surface area (Å²) in [6.07, 6.45) is 1.57. The quantitative estimate of drug-likeness (QED) is 0.682. The largest absolute Gasteiger partial charge is 0.357 e. The molecule has 2 saturated heterocycles. The zero-order chi connectivity index (χ0) is 12.5. The maximum absolute atomic E-state index is 14.3. The van der Waals surface area contributed by atoms with Crippen molar-refractivity contribution in [1.82, 2.24) is 15.5 Å². The summed E-state index contributed by atoms with van der Waals surface area (Å²) in [5.74, 6) is -0.737. The van der Waals surface area contributed by atoms with E-state index in [-0.39, 0.29) is 18.9 Å². The Morgan fingerprint density at radius 2 is 2.29 bits per heavy atom. The van der Waals surface area contributed by atoms with E-state index in [1.54, 1.807) is 0 Å². The second-order valence-electron chi connectivity index (χ2n) is 4.66. The number of amides is 2. The van der Waals surface area contributed by atoms with E-state index in [4.69, 9.17) is 0 Å². The van der Waals surface area contributed by atoms with Crippen molar-refractivity contribution in [2.24, 2.45) is 0 Å². The highest BCUT2D eigenvalue weighted by molar-refractivity contribution is 5.92. The Balaban J connectivity index is 2.10. The summed E-state index contributed by atoms with van der Waals surface area (Å²) in [6.45, 7) is 1.05. The van der Waals surface area contributed by atoms with Gasteiger partial charge in [-0.25, -0.2) is 4.39 Å². The summed E-state index contributed by atoms with van der Waals surface area (Å²) >= 11 is 0. The first-order valence-electron chi connectivity index (χ1n) is 6.01. The average Bonchev–Trinajstić information content (AvgIpc) is 2.96. The van der Waals surface area contributed by atoms with Gasteiger partial charge in [0.15, 0.2) is 0 Å². The van der Waals surface area contributed by atoms with Crippen LogP contribution in [0.5, 0.6) is 0 Å². The predicted molar refractivity (Wildman–Crippen MR) is 60.1 cm³/mol. The zero-order valence-electron chi connectivity index (χ0n) is 9.96. The van der Waals surface area contributed by atoms with E-state index in [0.29, 0.717) is 19.5 Å². The topological polar surface area (TPSA) is 61.4 Å². The molecule has 2 aliphatic rings. The molecule has 2 rings (SSSR count). The highest BCUT2D eigenvalue weighted by Crippen LogP contribution is 2.27. The molecular weight excluding hydrogens is 225 g/mol. The molecule has 5 nitrogen and oxygen atoms in total. The maximum atomic E-state index is 14.3. The molecule has 2 N–H and O–H groups in total. The Labute approximate surface area is 99.7 Å². The van der Waals surface area contributed by atoms with Crippen LogP contribution in [0.2, 0.25) is 0 Å². The van der Waals surface area contributed by atoms with E-state index < -0.39 is 17.6 Å². The second-order valence-corrected chi connectivity index (χ2v) is 4.66. The van der Waals surface area contributed by atoms with E-state index >= 15 is 0 Å². The molecule has 6 heteroatoms. The lowest BCUT2D eigenvalue weighted by Gasteiger charge is -2.29. The van der Waals surface area contributed by atoms with Crippen molar-refractivity contribution < 1.29 is 14.0 Å². The molecule has 2 heterocycles. The van der Waals surface area contributed by atoms with E-state index in [1.807, 2.05) is 0 Å². The Bertz CT molecular complexity index is 329. The Morgan fingerprint density at radius 3 is 2.88 bits per heavy atom. The molecule has 2 atom stereocenters. The van der Waals surface area contributed by atoms with Crippen molar-refractivity contribution in [3.63, 3.8) is 0 Å². The molecule has 0 saturated carbocycles. The number of alkyl halides is 1. The van der Waals surface area contributed by atoms with Gasteiger partial charge in [0.1, 0.15) is 6.04 Å². The molecule has 0 aromatic rings. The van der Waals surface area contributed by atoms with Crippen LogP contribution in [0.25, 0.3) is 0 Å². The fraction of sp³-hybridized carbons (Fsp3) is 0.818. The van der Waals surface area contributed by atoms with Crippen molar-refractivity contribution in [1.29, 1.82) is 0 Å². The first kappa shape index (κ1) is 12.3. The van der Waals surface area contributed by atoms with Gasteiger partial charge in [0.2, 0.25) is 11.6 Å². The van der Waals surface area contributed by atoms with E-state index in [2.05, 4.69) is 10.6 Å². The lowest BCUT2D eigenvalue weighted by atomic mass is 10.0. The number of halogens is 1. The fourth-order valence-corrected chi connectivity index (χ4v) is 2.55. The molecule has 0 spiro atoms. The molecule has 2 fully saturated rings. The SMILES string of the molecule is CNC(=O)[C@H]1CCCN1C(=O)[C@]1(F)CCNC1. The van der Waals surface area contributed by atoms with Crippen LogP contribution in [0.4, 0.5) is 4.39 Å². The summed E-state index contributed by atoms with van der Waals surface area (Å²) in [7, 11) is 1.53. The van der Waals surface area contributed by atoms with Crippen LogP contribution in [0, 0.1) is 0 Å². The van der Waals surface area contributed by atoms with Crippen molar-refractivity contribution in [3.05, 3.63) is 0 Å². The number of hydrogen-bond donors (Lipinski definition) is 2. The van der Waals surface area contributed by atoms with Crippen LogP contribution < -0.4 is 10.6 Å². The van der Waals surface area contributed by atoms with Crippen LogP contribution in [0.1, 0.15) is 19.3 Å². The van der Waals surface area contributed by atoms with Gasteiger partial charge < -0.3 is 15.5 Å². The lowest BCUT2D eigenvalue weighted by molar-refractivity contribution is -0.147. The monoisotopic (exact) mass is 243 g/mol. The van der Waals surface area contributed by atoms with Gasteiger partial charge in [-0.15, -0.1) is 0 Å². The molecular formula is C11H18FN3O2. The van der Waals surface area contributed by atoms with Gasteiger partial charge in [0.25, 0.3) is 5.91 Å². The van der Waals surface area contributed by atoms with E-state index in [1.165, 1.54) is 11.9 Å². The van der Waals surface area contributed by atoms with Crippen LogP contribution in [-0.2, 0) is 9.59 Å². The maximum Gasteiger partial charge on any atom is 0.262 e. The minimum atomic E-state index is -1.82. The van der Waals surface area contributed by atoms with Crippen LogP contribution >= 0.6 is 0 Å². The first-order valence-corrected chi connectivity index (χ1v) is 6.01. The third kappa shape index (κ3) is 2.13. The summed E-state index contributed by atoms with van der Waals surface area (Å²) in [5, 5.41) is 5.38. The van der Waals surface area contributed by atoms with Crippen molar-refractivity contribution in [2.75, 3.05) is 26.7 Å². The van der Waals surface area contributed by atoms with E-state index in [0.717, 1.165) is 6.42 Å². The van der Waals surface area contributed by atoms with Crippen molar-refractivity contribution in [2.45, 2.75) is 31.0 Å². The third-order valence-electron chi connectivity index (χ3n) is 3.55. The van der Waals surface area contributed by atoms with Crippen molar-refractivity contribution >= 4 is 11.8 Å². The van der Waals surface area contributed by atoms with Gasteiger partial charge in [-0.05, 0) is 19.4 Å². The summed E-state index contributed by atoms with van der Waals surface area (Å²) in [6, 6.07) is -0.499.